The van der Waals surface area contributed by atoms with Crippen LogP contribution in [-0.4, -0.2) is 59.6 Å². The smallest absolute Gasteiger partial charge is 0.319 e. The first-order valence-electron chi connectivity index (χ1n) is 10.7. The van der Waals surface area contributed by atoms with Crippen molar-refractivity contribution >= 4 is 46.4 Å². The van der Waals surface area contributed by atoms with Gasteiger partial charge in [-0.1, -0.05) is 11.6 Å². The number of anilines is 2. The van der Waals surface area contributed by atoms with Crippen LogP contribution in [0.25, 0.3) is 0 Å². The summed E-state index contributed by atoms with van der Waals surface area (Å²) >= 11 is 7.35. The maximum atomic E-state index is 12.7. The highest BCUT2D eigenvalue weighted by atomic mass is 35.5. The molecule has 0 spiro atoms. The number of likely N-dealkylation sites (tertiary alicyclic amines) is 1. The van der Waals surface area contributed by atoms with E-state index in [0.717, 1.165) is 5.69 Å². The van der Waals surface area contributed by atoms with Gasteiger partial charge in [0.1, 0.15) is 11.6 Å². The molecule has 0 radical (unpaired) electrons. The second kappa shape index (κ2) is 11.3. The number of urea groups is 1. The van der Waals surface area contributed by atoms with E-state index in [2.05, 4.69) is 30.8 Å². The maximum Gasteiger partial charge on any atom is 0.319 e. The number of methoxy groups -OCH3 is 1. The van der Waals surface area contributed by atoms with Gasteiger partial charge in [0, 0.05) is 46.8 Å². The predicted molar refractivity (Wildman–Crippen MR) is 133 cm³/mol. The minimum Gasteiger partial charge on any atom is -0.495 e. The fraction of sp³-hybridized carbons (Fsp3) is 0.304. The average molecular weight is 501 g/mol. The van der Waals surface area contributed by atoms with Crippen molar-refractivity contribution in [3.8, 4) is 5.75 Å². The first-order valence-corrected chi connectivity index (χ1v) is 12.1. The number of aromatic nitrogens is 2. The number of halogens is 1. The Morgan fingerprint density at radius 1 is 1.18 bits per heavy atom. The van der Waals surface area contributed by atoms with Crippen molar-refractivity contribution in [2.75, 3.05) is 37.4 Å². The molecular weight excluding hydrogens is 476 g/mol. The highest BCUT2D eigenvalue weighted by Gasteiger charge is 2.33. The molecule has 2 aromatic heterocycles. The van der Waals surface area contributed by atoms with Gasteiger partial charge in [0.05, 0.1) is 25.4 Å². The van der Waals surface area contributed by atoms with E-state index in [9.17, 15) is 9.59 Å². The molecule has 0 unspecified atom stereocenters. The van der Waals surface area contributed by atoms with Crippen LogP contribution in [0.3, 0.4) is 0 Å². The lowest BCUT2D eigenvalue weighted by Gasteiger charge is -2.38. The number of piperidine rings is 1. The highest BCUT2D eigenvalue weighted by molar-refractivity contribution is 7.07. The number of carbonyl (C=O) groups excluding carboxylic acids is 2. The normalized spacial score (nSPS) is 18.2. The molecule has 3 aromatic rings. The molecule has 1 aliphatic heterocycles. The summed E-state index contributed by atoms with van der Waals surface area (Å²) in [6.45, 7) is 1.45. The molecule has 0 aliphatic carbocycles. The second-order valence-electron chi connectivity index (χ2n) is 7.89. The van der Waals surface area contributed by atoms with Crippen LogP contribution in [0.5, 0.6) is 5.75 Å². The predicted octanol–water partition coefficient (Wildman–Crippen LogP) is 3.82. The molecule has 34 heavy (non-hydrogen) atoms. The summed E-state index contributed by atoms with van der Waals surface area (Å²) in [6.07, 6.45) is 2.32. The number of rotatable bonds is 7. The summed E-state index contributed by atoms with van der Waals surface area (Å²) < 4.78 is 5.23. The van der Waals surface area contributed by atoms with E-state index in [1.54, 1.807) is 48.5 Å². The van der Waals surface area contributed by atoms with E-state index in [4.69, 9.17) is 16.3 Å². The Bertz CT molecular complexity index is 1090. The van der Waals surface area contributed by atoms with Gasteiger partial charge in [-0.2, -0.15) is 0 Å². The van der Waals surface area contributed by atoms with Crippen LogP contribution in [-0.2, 0) is 4.79 Å². The lowest BCUT2D eigenvalue weighted by molar-refractivity contribution is -0.117. The minimum absolute atomic E-state index is 0.109. The zero-order valence-corrected chi connectivity index (χ0v) is 20.1. The van der Waals surface area contributed by atoms with E-state index in [1.807, 2.05) is 12.1 Å². The molecule has 1 aromatic carbocycles. The van der Waals surface area contributed by atoms with Gasteiger partial charge in [0.2, 0.25) is 5.91 Å². The SMILES string of the molecule is COc1ccc([C@@H]2CN(CC(=O)Nc3cscn3)CC[C@H]2NC(=O)Nc2ccc(Cl)cc2)nc1. The third-order valence-corrected chi connectivity index (χ3v) is 6.40. The van der Waals surface area contributed by atoms with E-state index >= 15 is 0 Å². The van der Waals surface area contributed by atoms with Gasteiger partial charge in [-0.3, -0.25) is 14.7 Å². The van der Waals surface area contributed by atoms with Gasteiger partial charge in [-0.05, 0) is 42.8 Å². The Labute approximate surface area is 206 Å². The van der Waals surface area contributed by atoms with Gasteiger partial charge in [0.25, 0.3) is 0 Å². The van der Waals surface area contributed by atoms with Gasteiger partial charge in [0.15, 0.2) is 0 Å². The van der Waals surface area contributed by atoms with E-state index < -0.39 is 0 Å². The summed E-state index contributed by atoms with van der Waals surface area (Å²) in [6, 6.07) is 10.2. The highest BCUT2D eigenvalue weighted by Crippen LogP contribution is 2.27. The molecule has 4 rings (SSSR count). The fourth-order valence-electron chi connectivity index (χ4n) is 3.90. The molecule has 0 bridgehead atoms. The molecule has 1 fully saturated rings. The Morgan fingerprint density at radius 3 is 2.68 bits per heavy atom. The lowest BCUT2D eigenvalue weighted by atomic mass is 9.88. The van der Waals surface area contributed by atoms with E-state index in [-0.39, 0.29) is 30.4 Å². The molecule has 11 heteroatoms. The van der Waals surface area contributed by atoms with Crippen molar-refractivity contribution < 1.29 is 14.3 Å². The van der Waals surface area contributed by atoms with Crippen molar-refractivity contribution in [3.05, 3.63) is 64.2 Å². The van der Waals surface area contributed by atoms with Crippen LogP contribution in [0.15, 0.2) is 53.5 Å². The summed E-state index contributed by atoms with van der Waals surface area (Å²) in [7, 11) is 1.59. The Balaban J connectivity index is 1.43. The van der Waals surface area contributed by atoms with Gasteiger partial charge >= 0.3 is 6.03 Å². The fourth-order valence-corrected chi connectivity index (χ4v) is 4.51. The Morgan fingerprint density at radius 2 is 2.00 bits per heavy atom. The van der Waals surface area contributed by atoms with Crippen LogP contribution >= 0.6 is 22.9 Å². The molecule has 3 N–H and O–H groups in total. The molecule has 1 aliphatic rings. The summed E-state index contributed by atoms with van der Waals surface area (Å²) in [5, 5.41) is 11.1. The van der Waals surface area contributed by atoms with Gasteiger partial charge in [-0.25, -0.2) is 9.78 Å². The van der Waals surface area contributed by atoms with Crippen molar-refractivity contribution in [3.63, 3.8) is 0 Å². The zero-order chi connectivity index (χ0) is 23.9. The van der Waals surface area contributed by atoms with Crippen LogP contribution in [0.2, 0.25) is 5.02 Å². The molecule has 178 valence electrons. The number of nitrogens with zero attached hydrogens (tertiary/aromatic N) is 3. The van der Waals surface area contributed by atoms with Gasteiger partial charge in [-0.15, -0.1) is 11.3 Å². The zero-order valence-electron chi connectivity index (χ0n) is 18.5. The first-order chi connectivity index (χ1) is 16.5. The van der Waals surface area contributed by atoms with Crippen molar-refractivity contribution in [1.82, 2.24) is 20.2 Å². The molecule has 2 atom stereocenters. The largest absolute Gasteiger partial charge is 0.495 e. The van der Waals surface area contributed by atoms with E-state index in [1.165, 1.54) is 11.3 Å². The summed E-state index contributed by atoms with van der Waals surface area (Å²) in [5.41, 5.74) is 3.15. The topological polar surface area (TPSA) is 108 Å². The number of amides is 3. The minimum atomic E-state index is -0.305. The number of benzene rings is 1. The van der Waals surface area contributed by atoms with Crippen LogP contribution in [0, 0.1) is 0 Å². The number of hydrogen-bond donors (Lipinski definition) is 3. The van der Waals surface area contributed by atoms with Crippen LogP contribution in [0.4, 0.5) is 16.3 Å². The number of carbonyl (C=O) groups is 2. The number of pyridine rings is 1. The Hall–Kier alpha value is -3.21. The van der Waals surface area contributed by atoms with Crippen molar-refractivity contribution in [2.45, 2.75) is 18.4 Å². The lowest BCUT2D eigenvalue weighted by Crippen LogP contribution is -2.52. The molecular formula is C23H25ClN6O3S. The molecule has 0 saturated carbocycles. The number of hydrogen-bond acceptors (Lipinski definition) is 7. The van der Waals surface area contributed by atoms with Gasteiger partial charge < -0.3 is 20.7 Å². The first kappa shape index (κ1) is 23.9. The summed E-state index contributed by atoms with van der Waals surface area (Å²) in [4.78, 5) is 35.9. The molecule has 3 heterocycles. The molecule has 9 nitrogen and oxygen atoms in total. The number of thiazole rings is 1. The number of nitrogens with one attached hydrogen (secondary N) is 3. The maximum absolute atomic E-state index is 12.7. The average Bonchev–Trinajstić information content (AvgIpc) is 3.34. The quantitative estimate of drug-likeness (QED) is 0.455. The standard InChI is InChI=1S/C23H25ClN6O3S/c1-33-17-6-7-19(25-10-17)18-11-30(12-22(31)29-21-13-34-14-26-21)9-8-20(18)28-23(32)27-16-4-2-15(24)3-5-16/h2-7,10,13-14,18,20H,8-9,11-12H2,1H3,(H,29,31)(H2,27,28,32)/t18-,20+/m0/s1. The van der Waals surface area contributed by atoms with Crippen LogP contribution in [0.1, 0.15) is 18.0 Å². The monoisotopic (exact) mass is 500 g/mol. The second-order valence-corrected chi connectivity index (χ2v) is 9.04. The third-order valence-electron chi connectivity index (χ3n) is 5.56. The number of ether oxygens (including phenoxy) is 1. The molecule has 3 amide bonds. The Kier molecular flexibility index (Phi) is 7.94. The summed E-state index contributed by atoms with van der Waals surface area (Å²) in [5.74, 6) is 0.977. The van der Waals surface area contributed by atoms with Crippen molar-refractivity contribution in [2.24, 2.45) is 0 Å². The third kappa shape index (κ3) is 6.43. The van der Waals surface area contributed by atoms with Crippen molar-refractivity contribution in [1.29, 1.82) is 0 Å². The molecule has 1 saturated heterocycles. The van der Waals surface area contributed by atoms with Crippen LogP contribution < -0.4 is 20.7 Å². The van der Waals surface area contributed by atoms with E-state index in [0.29, 0.717) is 41.8 Å².